The fraction of sp³-hybridized carbons (Fsp3) is 0.864. The molecule has 2 unspecified atom stereocenters. The number of carbonyl (C=O) groups excluding carboxylic acids is 1. The lowest BCUT2D eigenvalue weighted by Crippen LogP contribution is -2.25. The Morgan fingerprint density at radius 2 is 2.14 bits per heavy atom. The third-order valence-electron chi connectivity index (χ3n) is 6.22. The molecule has 0 amide bonds. The van der Waals surface area contributed by atoms with Gasteiger partial charge in [0.05, 0.1) is 31.0 Å². The van der Waals surface area contributed by atoms with Crippen LogP contribution in [0.25, 0.3) is 0 Å². The van der Waals surface area contributed by atoms with E-state index in [-0.39, 0.29) is 30.2 Å². The Labute approximate surface area is 183 Å². The fourth-order valence-electron chi connectivity index (χ4n) is 4.49. The molecule has 28 heavy (non-hydrogen) atoms. The summed E-state index contributed by atoms with van der Waals surface area (Å²) in [7, 11) is 1.42. The summed E-state index contributed by atoms with van der Waals surface area (Å²) in [4.78, 5) is 11.3. The number of carbonyl (C=O) groups is 1. The summed E-state index contributed by atoms with van der Waals surface area (Å²) in [6, 6.07) is 0. The van der Waals surface area contributed by atoms with Crippen LogP contribution in [-0.4, -0.2) is 51.1 Å². The van der Waals surface area contributed by atoms with Crippen LogP contribution in [0.1, 0.15) is 71.6 Å². The van der Waals surface area contributed by atoms with E-state index in [1.807, 2.05) is 6.92 Å². The summed E-state index contributed by atoms with van der Waals surface area (Å²) < 4.78 is 11.3. The average Bonchev–Trinajstić information content (AvgIpc) is 3.18. The molecule has 7 atom stereocenters. The molecular formula is C22H37IO5. The Kier molecular flexibility index (Phi) is 9.70. The van der Waals surface area contributed by atoms with Crippen LogP contribution < -0.4 is 0 Å². The van der Waals surface area contributed by atoms with E-state index in [2.05, 4.69) is 41.7 Å². The number of hydrogen-bond acceptors (Lipinski definition) is 5. The van der Waals surface area contributed by atoms with Gasteiger partial charge in [0.15, 0.2) is 0 Å². The summed E-state index contributed by atoms with van der Waals surface area (Å²) in [6.45, 7) is 4.03. The van der Waals surface area contributed by atoms with E-state index in [4.69, 9.17) is 9.47 Å². The summed E-state index contributed by atoms with van der Waals surface area (Å²) in [5.74, 6) is 0.293. The number of rotatable bonds is 11. The number of ether oxygens (including phenoxy) is 2. The molecule has 2 aliphatic rings. The minimum atomic E-state index is -0.670. The van der Waals surface area contributed by atoms with Gasteiger partial charge < -0.3 is 19.7 Å². The van der Waals surface area contributed by atoms with Gasteiger partial charge in [-0.05, 0) is 44.9 Å². The van der Waals surface area contributed by atoms with E-state index in [9.17, 15) is 15.0 Å². The van der Waals surface area contributed by atoms with Crippen molar-refractivity contribution in [2.75, 3.05) is 7.11 Å². The highest BCUT2D eigenvalue weighted by Crippen LogP contribution is 2.46. The van der Waals surface area contributed by atoms with Crippen LogP contribution in [0.4, 0.5) is 0 Å². The van der Waals surface area contributed by atoms with Gasteiger partial charge in [0.1, 0.15) is 0 Å². The lowest BCUT2D eigenvalue weighted by Gasteiger charge is -2.23. The SMILES string of the molecule is CCCCC(C)(O)CC=C[C@@H]1[C@H]2C[C@H](C(I)CCCC(=O)OC)O[C@@H]2C[C@H]1O. The molecule has 1 heterocycles. The Hall–Kier alpha value is -0.180. The number of esters is 1. The fourth-order valence-corrected chi connectivity index (χ4v) is 5.39. The number of halogens is 1. The van der Waals surface area contributed by atoms with E-state index in [1.165, 1.54) is 7.11 Å². The molecule has 5 nitrogen and oxygen atoms in total. The first-order valence-corrected chi connectivity index (χ1v) is 12.0. The minimum Gasteiger partial charge on any atom is -0.469 e. The van der Waals surface area contributed by atoms with Crippen LogP contribution in [0.5, 0.6) is 0 Å². The maximum atomic E-state index is 11.3. The van der Waals surface area contributed by atoms with Gasteiger partial charge >= 0.3 is 5.97 Å². The van der Waals surface area contributed by atoms with Crippen LogP contribution >= 0.6 is 22.6 Å². The Morgan fingerprint density at radius 1 is 1.39 bits per heavy atom. The standard InChI is InChI=1S/C22H37IO5/c1-4-5-11-22(2,26)12-7-8-15-16-13-20(28-19(16)14-18(15)24)17(23)9-6-10-21(25)27-3/h7-8,15-20,24,26H,4-6,9-14H2,1-3H3/t15-,16-,17?,18-,19-,20-,22?/m1/s1. The van der Waals surface area contributed by atoms with Crippen molar-refractivity contribution >= 4 is 28.6 Å². The number of unbranched alkanes of at least 4 members (excludes halogenated alkanes) is 1. The highest BCUT2D eigenvalue weighted by atomic mass is 127. The van der Waals surface area contributed by atoms with Crippen molar-refractivity contribution < 1.29 is 24.5 Å². The van der Waals surface area contributed by atoms with Crippen molar-refractivity contribution in [2.45, 2.75) is 99.5 Å². The second-order valence-corrected chi connectivity index (χ2v) is 10.3. The van der Waals surface area contributed by atoms with E-state index < -0.39 is 5.60 Å². The molecule has 0 bridgehead atoms. The Morgan fingerprint density at radius 3 is 2.82 bits per heavy atom. The second kappa shape index (κ2) is 11.3. The molecule has 1 saturated carbocycles. The van der Waals surface area contributed by atoms with Crippen molar-refractivity contribution in [3.05, 3.63) is 12.2 Å². The largest absolute Gasteiger partial charge is 0.469 e. The quantitative estimate of drug-likeness (QED) is 0.190. The molecule has 0 aromatic carbocycles. The smallest absolute Gasteiger partial charge is 0.305 e. The number of aliphatic hydroxyl groups excluding tert-OH is 1. The van der Waals surface area contributed by atoms with Crippen LogP contribution in [0.15, 0.2) is 12.2 Å². The maximum Gasteiger partial charge on any atom is 0.305 e. The summed E-state index contributed by atoms with van der Waals surface area (Å²) in [5, 5.41) is 20.9. The van der Waals surface area contributed by atoms with Crippen LogP contribution in [-0.2, 0) is 14.3 Å². The van der Waals surface area contributed by atoms with Crippen molar-refractivity contribution in [2.24, 2.45) is 11.8 Å². The number of fused-ring (bicyclic) bond motifs is 1. The molecule has 0 radical (unpaired) electrons. The van der Waals surface area contributed by atoms with E-state index in [0.29, 0.717) is 29.1 Å². The second-order valence-electron chi connectivity index (χ2n) is 8.71. The molecule has 0 aromatic rings. The molecule has 1 aliphatic heterocycles. The van der Waals surface area contributed by atoms with Gasteiger partial charge in [-0.1, -0.05) is 54.5 Å². The lowest BCUT2D eigenvalue weighted by molar-refractivity contribution is -0.140. The molecule has 162 valence electrons. The van der Waals surface area contributed by atoms with Gasteiger partial charge in [0, 0.05) is 22.7 Å². The first kappa shape index (κ1) is 24.1. The number of aliphatic hydroxyl groups is 2. The average molecular weight is 508 g/mol. The van der Waals surface area contributed by atoms with Gasteiger partial charge in [-0.25, -0.2) is 0 Å². The molecule has 2 N–H and O–H groups in total. The molecule has 2 rings (SSSR count). The number of hydrogen-bond donors (Lipinski definition) is 2. The zero-order valence-corrected chi connectivity index (χ0v) is 19.6. The van der Waals surface area contributed by atoms with Crippen LogP contribution in [0, 0.1) is 11.8 Å². The van der Waals surface area contributed by atoms with Crippen molar-refractivity contribution in [1.29, 1.82) is 0 Å². The maximum absolute atomic E-state index is 11.3. The van der Waals surface area contributed by atoms with Crippen molar-refractivity contribution in [3.8, 4) is 0 Å². The number of alkyl halides is 1. The Balaban J connectivity index is 1.83. The molecule has 0 aromatic heterocycles. The summed E-state index contributed by atoms with van der Waals surface area (Å²) >= 11 is 2.44. The summed E-state index contributed by atoms with van der Waals surface area (Å²) in [6.07, 6.45) is 11.5. The van der Waals surface area contributed by atoms with Gasteiger partial charge in [-0.3, -0.25) is 4.79 Å². The topological polar surface area (TPSA) is 76.0 Å². The molecular weight excluding hydrogens is 471 g/mol. The van der Waals surface area contributed by atoms with E-state index in [1.54, 1.807) is 0 Å². The van der Waals surface area contributed by atoms with Crippen LogP contribution in [0.2, 0.25) is 0 Å². The molecule has 0 spiro atoms. The minimum absolute atomic E-state index is 0.107. The molecule has 1 aliphatic carbocycles. The van der Waals surface area contributed by atoms with Crippen LogP contribution in [0.3, 0.4) is 0 Å². The first-order chi connectivity index (χ1) is 13.3. The third kappa shape index (κ3) is 6.96. The van der Waals surface area contributed by atoms with Gasteiger partial charge in [-0.15, -0.1) is 0 Å². The molecule has 2 fully saturated rings. The first-order valence-electron chi connectivity index (χ1n) is 10.7. The lowest BCUT2D eigenvalue weighted by atomic mass is 9.88. The van der Waals surface area contributed by atoms with Gasteiger partial charge in [0.2, 0.25) is 0 Å². The highest BCUT2D eigenvalue weighted by molar-refractivity contribution is 14.1. The zero-order valence-electron chi connectivity index (χ0n) is 17.5. The predicted octanol–water partition coefficient (Wildman–Crippen LogP) is 4.18. The van der Waals surface area contributed by atoms with E-state index >= 15 is 0 Å². The summed E-state index contributed by atoms with van der Waals surface area (Å²) in [5.41, 5.74) is -0.670. The third-order valence-corrected chi connectivity index (χ3v) is 7.65. The van der Waals surface area contributed by atoms with E-state index in [0.717, 1.165) is 38.5 Å². The normalized spacial score (nSPS) is 33.0. The monoisotopic (exact) mass is 508 g/mol. The Bertz CT molecular complexity index is 521. The predicted molar refractivity (Wildman–Crippen MR) is 118 cm³/mol. The highest BCUT2D eigenvalue weighted by Gasteiger charge is 2.49. The van der Waals surface area contributed by atoms with Crippen molar-refractivity contribution in [1.82, 2.24) is 0 Å². The molecule has 1 saturated heterocycles. The van der Waals surface area contributed by atoms with Crippen molar-refractivity contribution in [3.63, 3.8) is 0 Å². The molecule has 6 heteroatoms. The van der Waals surface area contributed by atoms with Gasteiger partial charge in [0.25, 0.3) is 0 Å². The van der Waals surface area contributed by atoms with Gasteiger partial charge in [-0.2, -0.15) is 0 Å². The zero-order chi connectivity index (χ0) is 20.7. The number of methoxy groups -OCH3 is 1.